The summed E-state index contributed by atoms with van der Waals surface area (Å²) in [7, 11) is -0.0146. The van der Waals surface area contributed by atoms with Crippen LogP contribution in [0.5, 0.6) is 0 Å². The number of aliphatic carboxylic acids is 1. The number of ether oxygens (including phenoxy) is 5. The normalized spacial score (nSPS) is 46.9. The van der Waals surface area contributed by atoms with Gasteiger partial charge in [0, 0.05) is 50.0 Å². The van der Waals surface area contributed by atoms with Crippen LogP contribution in [0.1, 0.15) is 350 Å². The lowest BCUT2D eigenvalue weighted by molar-refractivity contribution is -0.250. The first-order chi connectivity index (χ1) is 68.7. The maximum atomic E-state index is 12.8. The minimum atomic E-state index is -3.58. The molecule has 0 amide bonds. The fourth-order valence-corrected chi connectivity index (χ4v) is 41.3. The number of carbonyl (C=O) groups excluding carboxylic acids is 4. The van der Waals surface area contributed by atoms with Crippen LogP contribution >= 0.6 is 23.2 Å². The average Bonchev–Trinajstić information content (AvgIpc) is 0.708. The lowest BCUT2D eigenvalue weighted by Crippen LogP contribution is -2.64. The molecule has 27 heteroatoms. The van der Waals surface area contributed by atoms with Gasteiger partial charge in [-0.25, -0.2) is 14.4 Å². The van der Waals surface area contributed by atoms with Gasteiger partial charge in [-0.1, -0.05) is 88.9 Å². The summed E-state index contributed by atoms with van der Waals surface area (Å²) in [4.78, 5) is 60.9. The first-order valence-corrected chi connectivity index (χ1v) is 58.8. The van der Waals surface area contributed by atoms with E-state index in [9.17, 15) is 88.9 Å². The van der Waals surface area contributed by atoms with E-state index in [1.54, 1.807) is 6.92 Å². The van der Waals surface area contributed by atoms with Gasteiger partial charge in [-0.05, 0) is 432 Å². The van der Waals surface area contributed by atoms with Crippen molar-refractivity contribution in [3.8, 4) is 0 Å². The molecule has 35 rings (SSSR count). The molecule has 22 nitrogen and oxygen atoms in total. The van der Waals surface area contributed by atoms with Crippen molar-refractivity contribution in [1.82, 2.24) is 0 Å². The molecular weight excluding hydrogens is 1920 g/mol. The van der Waals surface area contributed by atoms with E-state index in [1.165, 1.54) is 40.4 Å². The van der Waals surface area contributed by atoms with Crippen LogP contribution in [0.2, 0.25) is 0 Å². The molecule has 32 fully saturated rings. The highest BCUT2D eigenvalue weighted by Crippen LogP contribution is 2.69. The van der Waals surface area contributed by atoms with Gasteiger partial charge in [-0.2, -0.15) is 8.78 Å². The van der Waals surface area contributed by atoms with E-state index in [4.69, 9.17) is 52.0 Å². The minimum absolute atomic E-state index is 0.0146. The molecule has 32 aliphatic rings. The predicted molar refractivity (Wildman–Crippen MR) is 549 cm³/mol. The highest BCUT2D eigenvalue weighted by Gasteiger charge is 2.69. The summed E-state index contributed by atoms with van der Waals surface area (Å²) in [5, 5.41) is 123. The van der Waals surface area contributed by atoms with Gasteiger partial charge in [-0.15, -0.1) is 23.2 Å². The van der Waals surface area contributed by atoms with Crippen molar-refractivity contribution >= 4 is 63.9 Å². The number of carbonyl (C=O) groups is 5. The summed E-state index contributed by atoms with van der Waals surface area (Å²) in [5.74, 6) is 2.79. The van der Waals surface area contributed by atoms with Gasteiger partial charge >= 0.3 is 35.8 Å². The second-order valence-electron chi connectivity index (χ2n) is 53.7. The first-order valence-electron chi connectivity index (χ1n) is 56.5. The molecule has 14 atom stereocenters. The number of halogens is 4. The molecule has 810 valence electrons. The number of hydrogen-bond acceptors (Lipinski definition) is 21. The molecule has 32 aliphatic carbocycles. The fraction of sp³-hybridized carbons (Fsp3) is 0.790. The number of benzene rings is 3. The van der Waals surface area contributed by atoms with Crippen LogP contribution in [0.15, 0.2) is 118 Å². The van der Waals surface area contributed by atoms with E-state index in [0.29, 0.717) is 157 Å². The summed E-state index contributed by atoms with van der Waals surface area (Å²) >= 11 is 11.0. The molecular formula is C119H169Cl2F2O22S+. The predicted octanol–water partition coefficient (Wildman–Crippen LogP) is 19.8. The van der Waals surface area contributed by atoms with Crippen molar-refractivity contribution in [3.63, 3.8) is 0 Å². The molecule has 0 saturated heterocycles. The first kappa shape index (κ1) is 109. The van der Waals surface area contributed by atoms with E-state index in [-0.39, 0.29) is 64.3 Å². The van der Waals surface area contributed by atoms with E-state index >= 15 is 0 Å². The molecule has 14 unspecified atom stereocenters. The van der Waals surface area contributed by atoms with Crippen LogP contribution in [-0.2, 0) is 58.6 Å². The van der Waals surface area contributed by atoms with E-state index in [2.05, 4.69) is 125 Å². The molecule has 0 heterocycles. The Morgan fingerprint density at radius 2 is 0.568 bits per heavy atom. The van der Waals surface area contributed by atoms with E-state index in [0.717, 1.165) is 257 Å². The van der Waals surface area contributed by atoms with Crippen LogP contribution in [-0.4, -0.2) is 205 Å². The number of hydrogen-bond donors (Lipinski definition) is 12. The lowest BCUT2D eigenvalue weighted by Gasteiger charge is -2.63. The van der Waals surface area contributed by atoms with Crippen LogP contribution < -0.4 is 0 Å². The van der Waals surface area contributed by atoms with Crippen molar-refractivity contribution in [2.45, 2.75) is 460 Å². The van der Waals surface area contributed by atoms with E-state index < -0.39 is 90.3 Å². The SMILES string of the molecule is C=C(C)C(=O)OC1(CC)C2CC3CC1CC(O)(C3)C2.CC(F)(F)C(=O)O.CCC1(O)C2CC3CC1CC(O)(C3)C2.CCC1(O)C2CC3CC1CC(O)(C3)C2.CCC1(O)C2CC3CC1CC(OCC(=O)OC14CC5CC(CC(O)(C5)C1)C4)(C3)C2.O=C(CCl)OC12CC3CC(CC(O)(C3)C1)C2.O=C(CCl)OC12CC3CC(CC(O)(C3)C1)C2.OC12CC3CC(C1)CC(O)(C3)C2.c1ccc([S+](c2ccccc2)c2ccccc2)cc1. The maximum Gasteiger partial charge on any atom is 0.374 e. The Hall–Kier alpha value is -4.94. The molecule has 0 radical (unpaired) electrons. The quantitative estimate of drug-likeness (QED) is 0.0185. The van der Waals surface area contributed by atoms with E-state index in [1.807, 2.05) is 0 Å². The zero-order valence-electron chi connectivity index (χ0n) is 87.3. The van der Waals surface area contributed by atoms with Crippen LogP contribution in [0.25, 0.3) is 0 Å². The highest BCUT2D eigenvalue weighted by atomic mass is 35.5. The topological polar surface area (TPSA) is 374 Å². The number of alkyl halides is 4. The minimum Gasteiger partial charge on any atom is -0.477 e. The van der Waals surface area contributed by atoms with Gasteiger partial charge in [-0.3, -0.25) is 9.59 Å². The number of esters is 4. The van der Waals surface area contributed by atoms with Gasteiger partial charge in [0.25, 0.3) is 0 Å². The molecule has 3 aromatic carbocycles. The van der Waals surface area contributed by atoms with Crippen molar-refractivity contribution in [2.75, 3.05) is 18.4 Å². The zero-order valence-corrected chi connectivity index (χ0v) is 89.7. The third kappa shape index (κ3) is 22.5. The largest absolute Gasteiger partial charge is 0.477 e. The lowest BCUT2D eigenvalue weighted by atomic mass is 9.47. The zero-order chi connectivity index (χ0) is 104. The number of aliphatic hydroxyl groups is 11. The molecule has 146 heavy (non-hydrogen) atoms. The van der Waals surface area contributed by atoms with Gasteiger partial charge < -0.3 is 85.0 Å². The summed E-state index contributed by atoms with van der Waals surface area (Å²) in [6.45, 7) is 14.1. The Bertz CT molecular complexity index is 4820. The summed E-state index contributed by atoms with van der Waals surface area (Å²) in [6.07, 6.45) is 45.2. The molecule has 12 N–H and O–H groups in total. The van der Waals surface area contributed by atoms with Gasteiger partial charge in [0.15, 0.2) is 14.7 Å². The maximum absolute atomic E-state index is 12.8. The highest BCUT2D eigenvalue weighted by molar-refractivity contribution is 7.97. The van der Waals surface area contributed by atoms with Crippen molar-refractivity contribution in [2.24, 2.45) is 118 Å². The second kappa shape index (κ2) is 40.7. The standard InChI is InChI=1S/C24H36O5.C18H15S.C16H24O3.2C12H17ClO3.2C12H20O2.C10H16O2.C3H4F2O2/c1-2-24(27)18-4-15-5-19(24)12-22(8-15,11-18)28-13-20(25)29-23-9-16-3-17(10-23)7-21(26,6-16)14-23;1-4-10-16(11-5-1)19(17-12-6-2-7-13-17)18-14-8-3-9-15-18;1-4-16(19-14(17)10(2)3)12-5-11-6-13(16)9-15(18,7-11)8-12;2*13-6-10(14)16-12-4-8-1-9(5-12)3-11(15,2-8)7-12;2*1-2-12(14)9-3-8-4-10(12)7-11(13,5-8)6-9;11-9-2-7-1-8(4-9)5-10(12,3-7)6-9;1-3(4,5)2(6)7/h15-19,26-27H,2-14H2,1H3;1-15H;11-13,18H,2,4-9H2,1,3H3;2*8-9,15H,1-7H2;2*8-10,13-14H,2-7H2,1H3;7-8,11-12H,1-6H2;1H3,(H,6,7)/q;+1;;;;;;;. The Kier molecular flexibility index (Phi) is 30.5. The Labute approximate surface area is 876 Å². The van der Waals surface area contributed by atoms with Crippen molar-refractivity contribution < 1.29 is 118 Å². The van der Waals surface area contributed by atoms with Gasteiger partial charge in [0.1, 0.15) is 40.8 Å². The average molecular weight is 2090 g/mol. The second-order valence-corrected chi connectivity index (χ2v) is 56.2. The molecule has 32 saturated carbocycles. The van der Waals surface area contributed by atoms with Crippen LogP contribution in [0.4, 0.5) is 8.78 Å². The molecule has 0 spiro atoms. The Balaban J connectivity index is 0.000000106. The smallest absolute Gasteiger partial charge is 0.374 e. The molecule has 0 aromatic heterocycles. The Morgan fingerprint density at radius 3 is 0.815 bits per heavy atom. The molecule has 32 bridgehead atoms. The fourth-order valence-electron chi connectivity index (χ4n) is 39.1. The Morgan fingerprint density at radius 1 is 0.329 bits per heavy atom. The van der Waals surface area contributed by atoms with Crippen molar-refractivity contribution in [3.05, 3.63) is 103 Å². The third-order valence-electron chi connectivity index (χ3n) is 42.1. The number of carboxylic acids is 1. The van der Waals surface area contributed by atoms with Gasteiger partial charge in [0.05, 0.1) is 78.1 Å². The summed E-state index contributed by atoms with van der Waals surface area (Å²) in [6, 6.07) is 32.2. The molecule has 0 aliphatic heterocycles. The monoisotopic (exact) mass is 2090 g/mol. The summed E-state index contributed by atoms with van der Waals surface area (Å²) < 4.78 is 51.9. The van der Waals surface area contributed by atoms with Crippen molar-refractivity contribution in [1.29, 1.82) is 0 Å². The van der Waals surface area contributed by atoms with Crippen LogP contribution in [0.3, 0.4) is 0 Å². The summed E-state index contributed by atoms with van der Waals surface area (Å²) in [5.41, 5.74) is -6.80. The third-order valence-corrected chi connectivity index (χ3v) is 44.7. The number of rotatable bonds is 18. The number of carboxylic acid groups (broad SMARTS) is 1. The van der Waals surface area contributed by atoms with Crippen LogP contribution in [0, 0.1) is 118 Å². The van der Waals surface area contributed by atoms with Gasteiger partial charge in [0.2, 0.25) is 0 Å². The molecule has 3 aromatic rings.